The normalized spacial score (nSPS) is 17.4. The van der Waals surface area contributed by atoms with Crippen molar-refractivity contribution in [2.75, 3.05) is 4.90 Å². The van der Waals surface area contributed by atoms with Crippen LogP contribution in [0.25, 0.3) is 38.6 Å². The van der Waals surface area contributed by atoms with Gasteiger partial charge in [-0.05, 0) is 94.0 Å². The number of para-hydroxylation sites is 5. The number of hydrogen-bond acceptors (Lipinski definition) is 2. The molecule has 0 amide bonds. The summed E-state index contributed by atoms with van der Waals surface area (Å²) in [7, 11) is -3.35. The summed E-state index contributed by atoms with van der Waals surface area (Å²) < 4.78 is 18.9. The highest BCUT2D eigenvalue weighted by Crippen LogP contribution is 2.61. The molecule has 2 aliphatic heterocycles. The van der Waals surface area contributed by atoms with Gasteiger partial charge in [0, 0.05) is 43.7 Å². The third-order valence-corrected chi connectivity index (χ3v) is 15.8. The Balaban J connectivity index is 1.15. The highest BCUT2D eigenvalue weighted by molar-refractivity contribution is 7.85. The predicted octanol–water partition coefficient (Wildman–Crippen LogP) is 12.6. The zero-order valence-corrected chi connectivity index (χ0v) is 33.0. The van der Waals surface area contributed by atoms with Gasteiger partial charge in [0.15, 0.2) is 7.14 Å². The average molecular weight is 773 g/mol. The molecule has 278 valence electrons. The van der Waals surface area contributed by atoms with E-state index in [0.717, 1.165) is 60.9 Å². The number of aromatic nitrogens is 1. The van der Waals surface area contributed by atoms with Gasteiger partial charge in [0.05, 0.1) is 22.1 Å². The number of hydrogen-bond donors (Lipinski definition) is 0. The highest BCUT2D eigenvalue weighted by atomic mass is 31.2. The summed E-state index contributed by atoms with van der Waals surface area (Å²) in [6.07, 6.45) is 0. The maximum atomic E-state index is 16.5. The summed E-state index contributed by atoms with van der Waals surface area (Å²) in [6.45, 7) is 0. The number of nitrogens with zero attached hydrogens (tertiary/aromatic N) is 2. The molecule has 0 fully saturated rings. The summed E-state index contributed by atoms with van der Waals surface area (Å²) in [6, 6.07) is 79.7. The molecule has 0 N–H and O–H groups in total. The molecular formula is C55H37N2OP. The lowest BCUT2D eigenvalue weighted by molar-refractivity contribution is 0.590. The van der Waals surface area contributed by atoms with Crippen molar-refractivity contribution in [3.8, 4) is 16.8 Å². The first-order valence-electron chi connectivity index (χ1n) is 20.2. The van der Waals surface area contributed by atoms with Crippen molar-refractivity contribution in [1.29, 1.82) is 0 Å². The molecule has 9 aromatic carbocycles. The van der Waals surface area contributed by atoms with E-state index in [1.54, 1.807) is 0 Å². The van der Waals surface area contributed by atoms with E-state index in [2.05, 4.69) is 204 Å². The first-order chi connectivity index (χ1) is 29.2. The van der Waals surface area contributed by atoms with Crippen LogP contribution in [0.5, 0.6) is 0 Å². The molecule has 4 heteroatoms. The van der Waals surface area contributed by atoms with Crippen molar-refractivity contribution in [3.05, 3.63) is 247 Å². The van der Waals surface area contributed by atoms with Crippen LogP contribution >= 0.6 is 7.14 Å². The first-order valence-corrected chi connectivity index (χ1v) is 21.9. The molecule has 1 spiro atoms. The molecule has 0 radical (unpaired) electrons. The molecule has 1 aromatic heterocycles. The Labute approximate surface area is 343 Å². The maximum absolute atomic E-state index is 16.5. The fraction of sp³-hybridized carbons (Fsp3) is 0.0182. The molecule has 0 aliphatic carbocycles. The monoisotopic (exact) mass is 772 g/mol. The summed E-state index contributed by atoms with van der Waals surface area (Å²) in [4.78, 5) is 2.29. The van der Waals surface area contributed by atoms with Crippen LogP contribution in [0.2, 0.25) is 0 Å². The van der Waals surface area contributed by atoms with E-state index in [1.807, 2.05) is 30.3 Å². The van der Waals surface area contributed by atoms with E-state index in [0.29, 0.717) is 0 Å². The Bertz CT molecular complexity index is 3260. The molecule has 59 heavy (non-hydrogen) atoms. The summed E-state index contributed by atoms with van der Waals surface area (Å²) in [5.74, 6) is 0. The molecule has 0 bridgehead atoms. The molecule has 2 unspecified atom stereocenters. The van der Waals surface area contributed by atoms with Crippen LogP contribution in [-0.2, 0) is 9.98 Å². The van der Waals surface area contributed by atoms with E-state index in [1.165, 1.54) is 32.9 Å². The third kappa shape index (κ3) is 4.68. The van der Waals surface area contributed by atoms with Crippen LogP contribution in [0.15, 0.2) is 224 Å². The van der Waals surface area contributed by atoms with Gasteiger partial charge in [-0.3, -0.25) is 0 Å². The molecule has 0 saturated heterocycles. The Kier molecular flexibility index (Phi) is 7.42. The highest BCUT2D eigenvalue weighted by Gasteiger charge is 2.54. The fourth-order valence-electron chi connectivity index (χ4n) is 10.2. The van der Waals surface area contributed by atoms with Crippen molar-refractivity contribution >= 4 is 61.9 Å². The van der Waals surface area contributed by atoms with Gasteiger partial charge in [0.1, 0.15) is 0 Å². The van der Waals surface area contributed by atoms with Gasteiger partial charge in [-0.15, -0.1) is 0 Å². The third-order valence-electron chi connectivity index (χ3n) is 12.6. The van der Waals surface area contributed by atoms with Gasteiger partial charge >= 0.3 is 0 Å². The largest absolute Gasteiger partial charge is 0.311 e. The van der Waals surface area contributed by atoms with Crippen LogP contribution in [0, 0.1) is 0 Å². The zero-order chi connectivity index (χ0) is 39.1. The van der Waals surface area contributed by atoms with Gasteiger partial charge in [0.25, 0.3) is 0 Å². The molecule has 10 aromatic rings. The lowest BCUT2D eigenvalue weighted by Gasteiger charge is -2.47. The predicted molar refractivity (Wildman–Crippen MR) is 246 cm³/mol. The van der Waals surface area contributed by atoms with E-state index in [-0.39, 0.29) is 0 Å². The zero-order valence-electron chi connectivity index (χ0n) is 32.1. The Morgan fingerprint density at radius 1 is 0.407 bits per heavy atom. The Hall–Kier alpha value is -7.19. The summed E-state index contributed by atoms with van der Waals surface area (Å²) >= 11 is 0. The summed E-state index contributed by atoms with van der Waals surface area (Å²) in [5.41, 5.74) is 12.7. The van der Waals surface area contributed by atoms with Crippen LogP contribution in [0.1, 0.15) is 22.3 Å². The van der Waals surface area contributed by atoms with Gasteiger partial charge in [-0.25, -0.2) is 0 Å². The number of rotatable bonds is 5. The topological polar surface area (TPSA) is 25.2 Å². The average Bonchev–Trinajstić information content (AvgIpc) is 3.65. The molecule has 0 saturated carbocycles. The van der Waals surface area contributed by atoms with Crippen molar-refractivity contribution in [1.82, 2.24) is 4.57 Å². The van der Waals surface area contributed by atoms with Crippen LogP contribution in [-0.4, -0.2) is 4.57 Å². The lowest BCUT2D eigenvalue weighted by Crippen LogP contribution is -2.48. The fourth-order valence-corrected chi connectivity index (χ4v) is 13.4. The Morgan fingerprint density at radius 3 is 1.69 bits per heavy atom. The molecule has 3 heterocycles. The lowest BCUT2D eigenvalue weighted by atomic mass is 9.62. The van der Waals surface area contributed by atoms with Gasteiger partial charge in [-0.2, -0.15) is 0 Å². The number of benzene rings is 9. The smallest absolute Gasteiger partial charge is 0.171 e. The van der Waals surface area contributed by atoms with E-state index >= 15 is 4.57 Å². The van der Waals surface area contributed by atoms with Crippen LogP contribution in [0.4, 0.5) is 17.1 Å². The van der Waals surface area contributed by atoms with Gasteiger partial charge in [-0.1, -0.05) is 164 Å². The second-order valence-corrected chi connectivity index (χ2v) is 18.3. The van der Waals surface area contributed by atoms with E-state index < -0.39 is 12.6 Å². The standard InChI is InChI=1S/C55H37N2OP/c58-59(43-21-8-3-9-22-43)52-30-15-12-26-47(52)55(46-25-11-14-29-51(46)57-50-28-13-10-23-44(50)45-24-16-27-48(55)54(45)57)49-37-39(33-36-53(49)59)38-31-34-42(35-32-38)56(40-17-4-1-5-18-40)41-19-6-2-7-20-41/h1-37H. The SMILES string of the molecule is O=P1(c2ccccc2)c2ccccc2C2(c3ccccc3-n3c4ccccc4c4cccc2c43)c2cc(-c3ccc(N(c4ccccc4)c4ccccc4)cc3)ccc21. The molecule has 3 nitrogen and oxygen atoms in total. The van der Waals surface area contributed by atoms with Gasteiger partial charge < -0.3 is 14.0 Å². The summed E-state index contributed by atoms with van der Waals surface area (Å²) in [5, 5.41) is 5.08. The number of fused-ring (bicyclic) bond motifs is 11. The van der Waals surface area contributed by atoms with Crippen molar-refractivity contribution in [2.24, 2.45) is 0 Å². The van der Waals surface area contributed by atoms with Crippen molar-refractivity contribution < 1.29 is 4.57 Å². The number of anilines is 3. The maximum Gasteiger partial charge on any atom is 0.171 e. The van der Waals surface area contributed by atoms with Crippen LogP contribution < -0.4 is 20.8 Å². The van der Waals surface area contributed by atoms with Crippen molar-refractivity contribution in [2.45, 2.75) is 5.41 Å². The van der Waals surface area contributed by atoms with Gasteiger partial charge in [0.2, 0.25) is 0 Å². The first kappa shape index (κ1) is 33.9. The van der Waals surface area contributed by atoms with Crippen molar-refractivity contribution in [3.63, 3.8) is 0 Å². The molecule has 2 aliphatic rings. The van der Waals surface area contributed by atoms with E-state index in [4.69, 9.17) is 0 Å². The minimum Gasteiger partial charge on any atom is -0.311 e. The molecule has 2 atom stereocenters. The minimum absolute atomic E-state index is 0.761. The molecular weight excluding hydrogens is 736 g/mol. The second-order valence-electron chi connectivity index (χ2n) is 15.6. The van der Waals surface area contributed by atoms with E-state index in [9.17, 15) is 0 Å². The second kappa shape index (κ2) is 12.9. The quantitative estimate of drug-likeness (QED) is 0.163. The Morgan fingerprint density at radius 2 is 0.949 bits per heavy atom. The van der Waals surface area contributed by atoms with Crippen LogP contribution in [0.3, 0.4) is 0 Å². The molecule has 12 rings (SSSR count). The minimum atomic E-state index is -3.35.